The van der Waals surface area contributed by atoms with Gasteiger partial charge in [0.15, 0.2) is 0 Å². The van der Waals surface area contributed by atoms with Gasteiger partial charge in [-0.05, 0) is 53.9 Å². The smallest absolute Gasteiger partial charge is 0.229 e. The Balaban J connectivity index is 2.09. The van der Waals surface area contributed by atoms with E-state index in [0.717, 1.165) is 41.6 Å². The van der Waals surface area contributed by atoms with E-state index in [2.05, 4.69) is 21.2 Å². The molecule has 0 heterocycles. The van der Waals surface area contributed by atoms with Crippen molar-refractivity contribution in [3.63, 3.8) is 0 Å². The zero-order chi connectivity index (χ0) is 14.8. The minimum Gasteiger partial charge on any atom is -0.496 e. The first-order valence-corrected chi connectivity index (χ1v) is 7.66. The third-order valence-corrected chi connectivity index (χ3v) is 4.61. The molecule has 0 aliphatic heterocycles. The maximum absolute atomic E-state index is 12.4. The van der Waals surface area contributed by atoms with Gasteiger partial charge in [0.05, 0.1) is 17.5 Å². The molecular formula is C15H21BrN2O2. The van der Waals surface area contributed by atoms with Crippen molar-refractivity contribution in [3.05, 3.63) is 22.7 Å². The molecule has 1 amide bonds. The highest BCUT2D eigenvalue weighted by Gasteiger charge is 2.37. The number of methoxy groups -OCH3 is 1. The van der Waals surface area contributed by atoms with Gasteiger partial charge >= 0.3 is 0 Å². The molecule has 0 bridgehead atoms. The summed E-state index contributed by atoms with van der Waals surface area (Å²) in [5.41, 5.74) is 6.61. The summed E-state index contributed by atoms with van der Waals surface area (Å²) in [4.78, 5) is 12.4. The van der Waals surface area contributed by atoms with Crippen molar-refractivity contribution < 1.29 is 9.53 Å². The topological polar surface area (TPSA) is 64.3 Å². The summed E-state index contributed by atoms with van der Waals surface area (Å²) >= 11 is 3.41. The number of hydrogen-bond donors (Lipinski definition) is 2. The van der Waals surface area contributed by atoms with E-state index in [1.165, 1.54) is 0 Å². The first kappa shape index (κ1) is 15.3. The van der Waals surface area contributed by atoms with Crippen molar-refractivity contribution >= 4 is 27.5 Å². The number of carbonyl (C=O) groups excluding carboxylic acids is 1. The summed E-state index contributed by atoms with van der Waals surface area (Å²) in [5.74, 6) is 0.619. The maximum Gasteiger partial charge on any atom is 0.229 e. The van der Waals surface area contributed by atoms with Gasteiger partial charge in [0.25, 0.3) is 0 Å². The van der Waals surface area contributed by atoms with Gasteiger partial charge in [-0.25, -0.2) is 0 Å². The molecule has 3 N–H and O–H groups in total. The Morgan fingerprint density at radius 2 is 2.25 bits per heavy atom. The molecule has 20 heavy (non-hydrogen) atoms. The molecule has 1 saturated carbocycles. The first-order valence-electron chi connectivity index (χ1n) is 6.87. The summed E-state index contributed by atoms with van der Waals surface area (Å²) in [6.07, 6.45) is 3.93. The van der Waals surface area contributed by atoms with Crippen LogP contribution < -0.4 is 15.8 Å². The number of anilines is 1. The first-order chi connectivity index (χ1) is 9.44. The van der Waals surface area contributed by atoms with Crippen LogP contribution in [0.1, 0.15) is 32.6 Å². The molecule has 0 radical (unpaired) electrons. The fourth-order valence-electron chi connectivity index (χ4n) is 2.76. The van der Waals surface area contributed by atoms with Crippen LogP contribution in [0.2, 0.25) is 0 Å². The Hall–Kier alpha value is -1.07. The fraction of sp³-hybridized carbons (Fsp3) is 0.533. The Labute approximate surface area is 128 Å². The van der Waals surface area contributed by atoms with Crippen molar-refractivity contribution in [2.45, 2.75) is 38.1 Å². The van der Waals surface area contributed by atoms with Crippen LogP contribution in [0, 0.1) is 5.92 Å². The van der Waals surface area contributed by atoms with Gasteiger partial charge in [0.2, 0.25) is 5.91 Å². The molecule has 0 spiro atoms. The molecule has 110 valence electrons. The molecule has 2 atom stereocenters. The van der Waals surface area contributed by atoms with Gasteiger partial charge in [0.1, 0.15) is 5.75 Å². The summed E-state index contributed by atoms with van der Waals surface area (Å²) in [6.45, 7) is 1.97. The average molecular weight is 341 g/mol. The van der Waals surface area contributed by atoms with Gasteiger partial charge < -0.3 is 15.8 Å². The second-order valence-electron chi connectivity index (χ2n) is 5.64. The largest absolute Gasteiger partial charge is 0.496 e. The second kappa shape index (κ2) is 6.14. The van der Waals surface area contributed by atoms with Crippen LogP contribution in [0.3, 0.4) is 0 Å². The van der Waals surface area contributed by atoms with Gasteiger partial charge in [-0.3, -0.25) is 4.79 Å². The maximum atomic E-state index is 12.4. The number of nitrogens with one attached hydrogen (secondary N) is 1. The van der Waals surface area contributed by atoms with E-state index in [0.29, 0.717) is 0 Å². The Morgan fingerprint density at radius 1 is 1.50 bits per heavy atom. The van der Waals surface area contributed by atoms with Crippen LogP contribution in [0.5, 0.6) is 5.75 Å². The normalized spacial score (nSPS) is 26.1. The summed E-state index contributed by atoms with van der Waals surface area (Å²) in [7, 11) is 1.61. The monoisotopic (exact) mass is 340 g/mol. The Kier molecular flexibility index (Phi) is 4.70. The second-order valence-corrected chi connectivity index (χ2v) is 6.50. The number of halogens is 1. The summed E-state index contributed by atoms with van der Waals surface area (Å²) in [5, 5.41) is 2.95. The number of amides is 1. The predicted octanol–water partition coefficient (Wildman–Crippen LogP) is 3.30. The highest BCUT2D eigenvalue weighted by molar-refractivity contribution is 9.10. The molecule has 2 unspecified atom stereocenters. The lowest BCUT2D eigenvalue weighted by Crippen LogP contribution is -2.51. The number of rotatable bonds is 3. The van der Waals surface area contributed by atoms with Crippen LogP contribution in [0.15, 0.2) is 22.7 Å². The van der Waals surface area contributed by atoms with E-state index in [1.807, 2.05) is 25.1 Å². The van der Waals surface area contributed by atoms with Crippen molar-refractivity contribution in [2.24, 2.45) is 11.7 Å². The van der Waals surface area contributed by atoms with E-state index in [-0.39, 0.29) is 11.8 Å². The third-order valence-electron chi connectivity index (χ3n) is 3.99. The van der Waals surface area contributed by atoms with E-state index in [9.17, 15) is 4.79 Å². The molecule has 2 rings (SSSR count). The van der Waals surface area contributed by atoms with E-state index in [1.54, 1.807) is 7.11 Å². The van der Waals surface area contributed by atoms with Crippen molar-refractivity contribution in [1.82, 2.24) is 0 Å². The zero-order valence-corrected chi connectivity index (χ0v) is 13.5. The van der Waals surface area contributed by atoms with Crippen LogP contribution in [-0.2, 0) is 4.79 Å². The molecule has 0 saturated heterocycles. The SMILES string of the molecule is COc1ccc(NC(=O)C2CCCCC2(C)N)cc1Br. The molecule has 1 aliphatic rings. The highest BCUT2D eigenvalue weighted by atomic mass is 79.9. The van der Waals surface area contributed by atoms with Crippen molar-refractivity contribution in [3.8, 4) is 5.75 Å². The van der Waals surface area contributed by atoms with Crippen LogP contribution in [-0.4, -0.2) is 18.6 Å². The van der Waals surface area contributed by atoms with E-state index < -0.39 is 5.54 Å². The molecule has 4 nitrogen and oxygen atoms in total. The Bertz CT molecular complexity index is 503. The minimum absolute atomic E-state index is 0.00627. The lowest BCUT2D eigenvalue weighted by molar-refractivity contribution is -0.122. The van der Waals surface area contributed by atoms with Crippen LogP contribution >= 0.6 is 15.9 Å². The molecule has 1 aromatic rings. The number of ether oxygens (including phenoxy) is 1. The number of benzene rings is 1. The molecule has 0 aromatic heterocycles. The summed E-state index contributed by atoms with van der Waals surface area (Å²) < 4.78 is 5.99. The molecule has 5 heteroatoms. The molecular weight excluding hydrogens is 320 g/mol. The standard InChI is InChI=1S/C15H21BrN2O2/c1-15(17)8-4-3-5-11(15)14(19)18-10-6-7-13(20-2)12(16)9-10/h6-7,9,11H,3-5,8,17H2,1-2H3,(H,18,19). The fourth-order valence-corrected chi connectivity index (χ4v) is 3.30. The lowest BCUT2D eigenvalue weighted by Gasteiger charge is -2.37. The van der Waals surface area contributed by atoms with Crippen molar-refractivity contribution in [1.29, 1.82) is 0 Å². The highest BCUT2D eigenvalue weighted by Crippen LogP contribution is 2.33. The Morgan fingerprint density at radius 3 is 2.85 bits per heavy atom. The van der Waals surface area contributed by atoms with E-state index >= 15 is 0 Å². The van der Waals surface area contributed by atoms with Gasteiger partial charge in [0, 0.05) is 11.2 Å². The van der Waals surface area contributed by atoms with Gasteiger partial charge in [-0.1, -0.05) is 12.8 Å². The molecule has 1 fully saturated rings. The third kappa shape index (κ3) is 3.33. The van der Waals surface area contributed by atoms with Gasteiger partial charge in [-0.2, -0.15) is 0 Å². The van der Waals surface area contributed by atoms with Crippen LogP contribution in [0.4, 0.5) is 5.69 Å². The van der Waals surface area contributed by atoms with E-state index in [4.69, 9.17) is 10.5 Å². The summed E-state index contributed by atoms with van der Waals surface area (Å²) in [6, 6.07) is 5.49. The average Bonchev–Trinajstić information content (AvgIpc) is 2.38. The zero-order valence-electron chi connectivity index (χ0n) is 11.9. The molecule has 1 aliphatic carbocycles. The number of nitrogens with two attached hydrogens (primary N) is 1. The lowest BCUT2D eigenvalue weighted by atomic mass is 9.74. The number of carbonyl (C=O) groups is 1. The molecule has 1 aromatic carbocycles. The minimum atomic E-state index is -0.411. The number of hydrogen-bond acceptors (Lipinski definition) is 3. The van der Waals surface area contributed by atoms with Crippen molar-refractivity contribution in [2.75, 3.05) is 12.4 Å². The van der Waals surface area contributed by atoms with Crippen LogP contribution in [0.25, 0.3) is 0 Å². The van der Waals surface area contributed by atoms with Gasteiger partial charge in [-0.15, -0.1) is 0 Å². The predicted molar refractivity (Wildman–Crippen MR) is 83.9 cm³/mol. The quantitative estimate of drug-likeness (QED) is 0.887.